The maximum Gasteiger partial charge on any atom is 0.225 e. The van der Waals surface area contributed by atoms with Crippen molar-refractivity contribution in [1.29, 1.82) is 0 Å². The van der Waals surface area contributed by atoms with Crippen molar-refractivity contribution in [1.82, 2.24) is 19.9 Å². The lowest BCUT2D eigenvalue weighted by Crippen LogP contribution is -2.28. The van der Waals surface area contributed by atoms with Gasteiger partial charge in [0.25, 0.3) is 0 Å². The van der Waals surface area contributed by atoms with Crippen LogP contribution in [-0.4, -0.2) is 46.5 Å². The molecule has 0 aromatic carbocycles. The van der Waals surface area contributed by atoms with E-state index in [9.17, 15) is 0 Å². The molecule has 1 saturated heterocycles. The first kappa shape index (κ1) is 15.6. The van der Waals surface area contributed by atoms with Crippen molar-refractivity contribution in [3.63, 3.8) is 0 Å². The summed E-state index contributed by atoms with van der Waals surface area (Å²) in [6.07, 6.45) is 4.50. The van der Waals surface area contributed by atoms with Gasteiger partial charge in [-0.25, -0.2) is 15.0 Å². The van der Waals surface area contributed by atoms with Gasteiger partial charge in [-0.05, 0) is 26.3 Å². The number of nitrogens with zero attached hydrogens (tertiary/aromatic N) is 5. The normalized spacial score (nSPS) is 18.4. The number of hydrogen-bond donors (Lipinski definition) is 0. The molecule has 2 aromatic rings. The zero-order valence-corrected chi connectivity index (χ0v) is 14.4. The second-order valence-corrected chi connectivity index (χ2v) is 7.24. The Morgan fingerprint density at radius 3 is 2.82 bits per heavy atom. The van der Waals surface area contributed by atoms with Crippen LogP contribution >= 0.6 is 22.9 Å². The highest BCUT2D eigenvalue weighted by Gasteiger charge is 2.25. The van der Waals surface area contributed by atoms with Gasteiger partial charge in [-0.3, -0.25) is 0 Å². The van der Waals surface area contributed by atoms with Gasteiger partial charge >= 0.3 is 0 Å². The van der Waals surface area contributed by atoms with E-state index in [2.05, 4.69) is 38.7 Å². The van der Waals surface area contributed by atoms with Crippen molar-refractivity contribution in [3.8, 4) is 0 Å². The highest BCUT2D eigenvalue weighted by atomic mass is 35.5. The van der Waals surface area contributed by atoms with E-state index < -0.39 is 0 Å². The molecule has 1 fully saturated rings. The predicted molar refractivity (Wildman–Crippen MR) is 90.5 cm³/mol. The Bertz CT molecular complexity index is 615. The van der Waals surface area contributed by atoms with Gasteiger partial charge in [0.05, 0.1) is 28.6 Å². The van der Waals surface area contributed by atoms with Crippen LogP contribution in [0.4, 0.5) is 5.95 Å². The van der Waals surface area contributed by atoms with Crippen LogP contribution in [0.15, 0.2) is 17.9 Å². The van der Waals surface area contributed by atoms with E-state index in [-0.39, 0.29) is 0 Å². The first-order chi connectivity index (χ1) is 10.6. The first-order valence-corrected chi connectivity index (χ1v) is 8.67. The van der Waals surface area contributed by atoms with Crippen molar-refractivity contribution in [2.45, 2.75) is 19.9 Å². The average molecular weight is 338 g/mol. The minimum atomic E-state index is 0.583. The van der Waals surface area contributed by atoms with Crippen LogP contribution < -0.4 is 4.90 Å². The van der Waals surface area contributed by atoms with Gasteiger partial charge < -0.3 is 9.80 Å². The number of aromatic nitrogens is 3. The summed E-state index contributed by atoms with van der Waals surface area (Å²) in [6, 6.07) is 0. The summed E-state index contributed by atoms with van der Waals surface area (Å²) in [4.78, 5) is 18.9. The lowest BCUT2D eigenvalue weighted by atomic mass is 10.1. The largest absolute Gasteiger partial charge is 0.340 e. The Morgan fingerprint density at radius 2 is 2.14 bits per heavy atom. The summed E-state index contributed by atoms with van der Waals surface area (Å²) in [6.45, 7) is 6.16. The second-order valence-electron chi connectivity index (χ2n) is 5.86. The second kappa shape index (κ2) is 6.89. The van der Waals surface area contributed by atoms with E-state index in [1.54, 1.807) is 23.7 Å². The highest BCUT2D eigenvalue weighted by Crippen LogP contribution is 2.23. The summed E-state index contributed by atoms with van der Waals surface area (Å²) in [5, 5.41) is 0.583. The average Bonchev–Trinajstić information content (AvgIpc) is 3.10. The molecule has 0 radical (unpaired) electrons. The van der Waals surface area contributed by atoms with Crippen molar-refractivity contribution in [3.05, 3.63) is 33.5 Å². The molecule has 22 heavy (non-hydrogen) atoms. The fourth-order valence-corrected chi connectivity index (χ4v) is 3.81. The molecule has 1 aliphatic rings. The molecule has 1 aliphatic heterocycles. The van der Waals surface area contributed by atoms with Crippen LogP contribution in [0, 0.1) is 12.8 Å². The van der Waals surface area contributed by atoms with E-state index in [4.69, 9.17) is 11.6 Å². The van der Waals surface area contributed by atoms with Crippen LogP contribution in [0.1, 0.15) is 17.0 Å². The van der Waals surface area contributed by atoms with Gasteiger partial charge in [0.15, 0.2) is 0 Å². The SMILES string of the molecule is Cc1ncsc1CN(C)CC1CCN(c2ncc(Cl)cn2)C1. The van der Waals surface area contributed by atoms with Crippen LogP contribution in [0.5, 0.6) is 0 Å². The number of rotatable bonds is 5. The number of hydrogen-bond acceptors (Lipinski definition) is 6. The third-order valence-corrected chi connectivity index (χ3v) is 5.12. The fourth-order valence-electron chi connectivity index (χ4n) is 2.86. The molecule has 1 unspecified atom stereocenters. The molecular weight excluding hydrogens is 318 g/mol. The standard InChI is InChI=1S/C15H20ClN5S/c1-11-14(22-10-19-11)9-20(2)7-12-3-4-21(8-12)15-17-5-13(16)6-18-15/h5-6,10,12H,3-4,7-9H2,1-2H3. The highest BCUT2D eigenvalue weighted by molar-refractivity contribution is 7.09. The molecule has 2 aromatic heterocycles. The summed E-state index contributed by atoms with van der Waals surface area (Å²) in [5.41, 5.74) is 3.08. The van der Waals surface area contributed by atoms with Crippen LogP contribution in [0.3, 0.4) is 0 Å². The molecule has 1 atom stereocenters. The molecule has 0 bridgehead atoms. The fraction of sp³-hybridized carbons (Fsp3) is 0.533. The number of halogens is 1. The molecule has 3 heterocycles. The van der Waals surface area contributed by atoms with Gasteiger partial charge in [-0.1, -0.05) is 11.6 Å². The van der Waals surface area contributed by atoms with E-state index in [0.29, 0.717) is 10.9 Å². The molecule has 0 N–H and O–H groups in total. The van der Waals surface area contributed by atoms with Crippen molar-refractivity contribution in [2.24, 2.45) is 5.92 Å². The predicted octanol–water partition coefficient (Wildman–Crippen LogP) is 2.85. The summed E-state index contributed by atoms with van der Waals surface area (Å²) < 4.78 is 0. The molecule has 3 rings (SSSR count). The van der Waals surface area contributed by atoms with E-state index in [0.717, 1.165) is 37.8 Å². The Morgan fingerprint density at radius 1 is 1.36 bits per heavy atom. The first-order valence-electron chi connectivity index (χ1n) is 7.42. The Labute approximate surface area is 140 Å². The number of anilines is 1. The van der Waals surface area contributed by atoms with Gasteiger partial charge in [0.2, 0.25) is 5.95 Å². The van der Waals surface area contributed by atoms with E-state index in [1.165, 1.54) is 11.3 Å². The lowest BCUT2D eigenvalue weighted by Gasteiger charge is -2.21. The van der Waals surface area contributed by atoms with Crippen LogP contribution in [0.25, 0.3) is 0 Å². The topological polar surface area (TPSA) is 45.2 Å². The monoisotopic (exact) mass is 337 g/mol. The Balaban J connectivity index is 1.52. The van der Waals surface area contributed by atoms with Crippen molar-refractivity contribution < 1.29 is 0 Å². The molecule has 5 nitrogen and oxygen atoms in total. The van der Waals surface area contributed by atoms with Crippen molar-refractivity contribution in [2.75, 3.05) is 31.6 Å². The van der Waals surface area contributed by atoms with Crippen LogP contribution in [-0.2, 0) is 6.54 Å². The molecule has 0 saturated carbocycles. The van der Waals surface area contributed by atoms with Gasteiger partial charge in [0.1, 0.15) is 0 Å². The zero-order valence-electron chi connectivity index (χ0n) is 12.9. The molecule has 0 amide bonds. The Kier molecular flexibility index (Phi) is 4.90. The minimum Gasteiger partial charge on any atom is -0.340 e. The minimum absolute atomic E-state index is 0.583. The third kappa shape index (κ3) is 3.74. The number of thiazole rings is 1. The van der Waals surface area contributed by atoms with Gasteiger partial charge in [0, 0.05) is 31.1 Å². The molecule has 0 aliphatic carbocycles. The summed E-state index contributed by atoms with van der Waals surface area (Å²) in [5.74, 6) is 1.44. The summed E-state index contributed by atoms with van der Waals surface area (Å²) >= 11 is 7.58. The molecule has 7 heteroatoms. The number of aryl methyl sites for hydroxylation is 1. The third-order valence-electron chi connectivity index (χ3n) is 4.00. The van der Waals surface area contributed by atoms with E-state index >= 15 is 0 Å². The smallest absolute Gasteiger partial charge is 0.225 e. The molecule has 0 spiro atoms. The van der Waals surface area contributed by atoms with Gasteiger partial charge in [-0.2, -0.15) is 0 Å². The summed E-state index contributed by atoms with van der Waals surface area (Å²) in [7, 11) is 2.18. The quantitative estimate of drug-likeness (QED) is 0.839. The maximum atomic E-state index is 5.84. The van der Waals surface area contributed by atoms with Crippen molar-refractivity contribution >= 4 is 28.9 Å². The van der Waals surface area contributed by atoms with E-state index in [1.807, 2.05) is 5.51 Å². The zero-order chi connectivity index (χ0) is 15.5. The Hall–Kier alpha value is -1.24. The molecular formula is C15H20ClN5S. The maximum absolute atomic E-state index is 5.84. The lowest BCUT2D eigenvalue weighted by molar-refractivity contribution is 0.281. The molecule has 118 valence electrons. The van der Waals surface area contributed by atoms with Gasteiger partial charge in [-0.15, -0.1) is 11.3 Å². The van der Waals surface area contributed by atoms with Crippen LogP contribution in [0.2, 0.25) is 5.02 Å².